The Bertz CT molecular complexity index is 2080. The molecule has 1 saturated heterocycles. The summed E-state index contributed by atoms with van der Waals surface area (Å²) >= 11 is 10.2. The fourth-order valence-corrected chi connectivity index (χ4v) is 8.48. The number of fused-ring (bicyclic) bond motifs is 3. The Hall–Kier alpha value is -3.87. The number of benzene rings is 4. The Morgan fingerprint density at radius 1 is 1.00 bits per heavy atom. The van der Waals surface area contributed by atoms with Crippen molar-refractivity contribution in [3.05, 3.63) is 117 Å². The van der Waals surface area contributed by atoms with Gasteiger partial charge in [-0.1, -0.05) is 70.0 Å². The zero-order valence-corrected chi connectivity index (χ0v) is 28.6. The lowest BCUT2D eigenvalue weighted by molar-refractivity contribution is 0.0730. The summed E-state index contributed by atoms with van der Waals surface area (Å²) in [6.45, 7) is 3.47. The van der Waals surface area contributed by atoms with Crippen molar-refractivity contribution in [2.24, 2.45) is 0 Å². The normalized spacial score (nSPS) is 18.6. The quantitative estimate of drug-likeness (QED) is 0.183. The van der Waals surface area contributed by atoms with Crippen molar-refractivity contribution < 1.29 is 22.7 Å². The number of sulfonamides is 1. The molecule has 2 unspecified atom stereocenters. The van der Waals surface area contributed by atoms with Gasteiger partial charge in [0.05, 0.1) is 29.8 Å². The minimum absolute atomic E-state index is 0.0508. The van der Waals surface area contributed by atoms with Gasteiger partial charge in [-0.15, -0.1) is 0 Å². The smallest absolute Gasteiger partial charge is 0.322 e. The van der Waals surface area contributed by atoms with Gasteiger partial charge >= 0.3 is 6.03 Å². The number of ether oxygens (including phenoxy) is 2. The van der Waals surface area contributed by atoms with Crippen LogP contribution in [0.4, 0.5) is 10.5 Å². The van der Waals surface area contributed by atoms with E-state index in [1.165, 1.54) is 16.4 Å². The van der Waals surface area contributed by atoms with Gasteiger partial charge in [-0.3, -0.25) is 0 Å². The van der Waals surface area contributed by atoms with Crippen molar-refractivity contribution in [1.82, 2.24) is 14.2 Å². The summed E-state index contributed by atoms with van der Waals surface area (Å²) in [6.07, 6.45) is 0. The van der Waals surface area contributed by atoms with E-state index >= 15 is 0 Å². The minimum Gasteiger partial charge on any atom is -0.455 e. The molecule has 2 amide bonds. The van der Waals surface area contributed by atoms with Crippen LogP contribution >= 0.6 is 27.5 Å². The third kappa shape index (κ3) is 6.14. The summed E-state index contributed by atoms with van der Waals surface area (Å²) in [5.41, 5.74) is 4.17. The van der Waals surface area contributed by atoms with E-state index in [-0.39, 0.29) is 35.6 Å². The zero-order chi connectivity index (χ0) is 32.7. The Kier molecular flexibility index (Phi) is 8.75. The minimum atomic E-state index is -3.85. The van der Waals surface area contributed by atoms with Crippen LogP contribution < -0.4 is 10.1 Å². The maximum absolute atomic E-state index is 14.3. The van der Waals surface area contributed by atoms with Crippen LogP contribution in [0.1, 0.15) is 35.7 Å². The lowest BCUT2D eigenvalue weighted by Gasteiger charge is -2.38. The second-order valence-corrected chi connectivity index (χ2v) is 14.8. The van der Waals surface area contributed by atoms with Crippen molar-refractivity contribution in [2.75, 3.05) is 38.2 Å². The molecule has 0 spiro atoms. The van der Waals surface area contributed by atoms with E-state index in [2.05, 4.69) is 32.3 Å². The van der Waals surface area contributed by atoms with Crippen LogP contribution in [0.3, 0.4) is 0 Å². The highest BCUT2D eigenvalue weighted by Crippen LogP contribution is 2.45. The number of anilines is 1. The molecule has 2 atom stereocenters. The third-order valence-corrected chi connectivity index (χ3v) is 11.5. The molecule has 2 aliphatic heterocycles. The van der Waals surface area contributed by atoms with Gasteiger partial charge in [0.25, 0.3) is 0 Å². The van der Waals surface area contributed by atoms with E-state index < -0.39 is 16.1 Å². The lowest BCUT2D eigenvalue weighted by Crippen LogP contribution is -2.43. The van der Waals surface area contributed by atoms with E-state index in [9.17, 15) is 13.2 Å². The average Bonchev–Trinajstić information content (AvgIpc) is 3.47. The van der Waals surface area contributed by atoms with Gasteiger partial charge in [-0.05, 0) is 66.6 Å². The predicted octanol–water partition coefficient (Wildman–Crippen LogP) is 8.14. The van der Waals surface area contributed by atoms with E-state index in [4.69, 9.17) is 21.1 Å². The average molecular weight is 736 g/mol. The largest absolute Gasteiger partial charge is 0.455 e. The van der Waals surface area contributed by atoms with Crippen LogP contribution in [-0.4, -0.2) is 61.5 Å². The number of aromatic nitrogens is 1. The highest BCUT2D eigenvalue weighted by atomic mass is 79.9. The van der Waals surface area contributed by atoms with Crippen LogP contribution in [0.25, 0.3) is 10.9 Å². The molecule has 0 bridgehead atoms. The standard InChI is InChI=1S/C35H32BrClN4O5S/c1-22-34-33(27-10-3-5-12-30(27)38-34)28(26-9-2-4-11-29(26)37)21-41(22)35(42)39-31-20-25(47(43,44)40-15-17-45-18-16-40)13-14-32(31)46-24-8-6-7-23(36)19-24/h2-14,19-20,22,28,38H,15-18,21H2,1H3,(H,39,42). The molecule has 12 heteroatoms. The topological polar surface area (TPSA) is 104 Å². The molecular formula is C35H32BrClN4O5S. The Balaban J connectivity index is 1.27. The summed E-state index contributed by atoms with van der Waals surface area (Å²) in [7, 11) is -3.85. The van der Waals surface area contributed by atoms with Crippen molar-refractivity contribution in [1.29, 1.82) is 0 Å². The fourth-order valence-electron chi connectivity index (χ4n) is 6.40. The third-order valence-electron chi connectivity index (χ3n) is 8.76. The SMILES string of the molecule is CC1c2[nH]c3ccccc3c2C(c2ccccc2Cl)CN1C(=O)Nc1cc(S(=O)(=O)N2CCOCC2)ccc1Oc1cccc(Br)c1. The maximum Gasteiger partial charge on any atom is 0.322 e. The van der Waals surface area contributed by atoms with Gasteiger partial charge in [0.2, 0.25) is 10.0 Å². The number of carbonyl (C=O) groups is 1. The number of carbonyl (C=O) groups excluding carboxylic acids is 1. The summed E-state index contributed by atoms with van der Waals surface area (Å²) in [5.74, 6) is 0.615. The predicted molar refractivity (Wildman–Crippen MR) is 186 cm³/mol. The van der Waals surface area contributed by atoms with Gasteiger partial charge in [-0.25, -0.2) is 13.2 Å². The molecular weight excluding hydrogens is 704 g/mol. The van der Waals surface area contributed by atoms with Gasteiger partial charge in [-0.2, -0.15) is 4.31 Å². The molecule has 4 aromatic carbocycles. The molecule has 0 saturated carbocycles. The van der Waals surface area contributed by atoms with Gasteiger partial charge in [0.1, 0.15) is 5.75 Å². The molecule has 2 aliphatic rings. The number of rotatable bonds is 6. The number of amides is 2. The number of nitrogens with zero attached hydrogens (tertiary/aromatic N) is 2. The number of halogens is 2. The number of aromatic amines is 1. The van der Waals surface area contributed by atoms with E-state index in [1.54, 1.807) is 23.1 Å². The van der Waals surface area contributed by atoms with Crippen LogP contribution in [0.2, 0.25) is 5.02 Å². The van der Waals surface area contributed by atoms with Crippen LogP contribution in [-0.2, 0) is 14.8 Å². The summed E-state index contributed by atoms with van der Waals surface area (Å²) in [5, 5.41) is 4.72. The molecule has 1 aromatic heterocycles. The Morgan fingerprint density at radius 3 is 2.55 bits per heavy atom. The van der Waals surface area contributed by atoms with Crippen molar-refractivity contribution in [3.8, 4) is 11.5 Å². The number of hydrogen-bond donors (Lipinski definition) is 2. The molecule has 242 valence electrons. The first-order valence-corrected chi connectivity index (χ1v) is 17.9. The van der Waals surface area contributed by atoms with E-state index in [1.807, 2.05) is 61.5 Å². The van der Waals surface area contributed by atoms with Crippen molar-refractivity contribution in [2.45, 2.75) is 23.8 Å². The number of H-pyrrole nitrogens is 1. The zero-order valence-electron chi connectivity index (χ0n) is 25.5. The highest BCUT2D eigenvalue weighted by Gasteiger charge is 2.38. The molecule has 1 fully saturated rings. The fraction of sp³-hybridized carbons (Fsp3) is 0.229. The molecule has 2 N–H and O–H groups in total. The molecule has 3 heterocycles. The molecule has 7 rings (SSSR count). The number of morpholine rings is 1. The molecule has 0 aliphatic carbocycles. The molecule has 5 aromatic rings. The first kappa shape index (κ1) is 31.7. The van der Waals surface area contributed by atoms with Gasteiger partial charge < -0.3 is 24.7 Å². The highest BCUT2D eigenvalue weighted by molar-refractivity contribution is 9.10. The number of urea groups is 1. The van der Waals surface area contributed by atoms with Crippen LogP contribution in [0.15, 0.2) is 100 Å². The lowest BCUT2D eigenvalue weighted by atomic mass is 9.84. The summed E-state index contributed by atoms with van der Waals surface area (Å²) in [4.78, 5) is 19.7. The van der Waals surface area contributed by atoms with Gasteiger partial charge in [0, 0.05) is 51.6 Å². The second-order valence-electron chi connectivity index (χ2n) is 11.6. The Labute approximate surface area is 286 Å². The Morgan fingerprint density at radius 2 is 1.77 bits per heavy atom. The first-order chi connectivity index (χ1) is 22.7. The number of para-hydroxylation sites is 1. The van der Waals surface area contributed by atoms with Gasteiger partial charge in [0.15, 0.2) is 5.75 Å². The summed E-state index contributed by atoms with van der Waals surface area (Å²) < 4.78 is 41.0. The van der Waals surface area contributed by atoms with E-state index in [0.29, 0.717) is 36.3 Å². The second kappa shape index (κ2) is 13.0. The number of nitrogens with one attached hydrogen (secondary N) is 2. The molecule has 47 heavy (non-hydrogen) atoms. The summed E-state index contributed by atoms with van der Waals surface area (Å²) in [6, 6.07) is 26.9. The maximum atomic E-state index is 14.3. The number of hydrogen-bond acceptors (Lipinski definition) is 5. The van der Waals surface area contributed by atoms with Crippen LogP contribution in [0, 0.1) is 0 Å². The molecule has 0 radical (unpaired) electrons. The van der Waals surface area contributed by atoms with Crippen molar-refractivity contribution in [3.63, 3.8) is 0 Å². The van der Waals surface area contributed by atoms with Crippen molar-refractivity contribution >= 4 is 60.2 Å². The monoisotopic (exact) mass is 734 g/mol. The van der Waals surface area contributed by atoms with Crippen LogP contribution in [0.5, 0.6) is 11.5 Å². The first-order valence-electron chi connectivity index (χ1n) is 15.3. The van der Waals surface area contributed by atoms with E-state index in [0.717, 1.165) is 32.2 Å². The molecule has 9 nitrogen and oxygen atoms in total.